The number of hydrogen-bond donors (Lipinski definition) is 1. The lowest BCUT2D eigenvalue weighted by Crippen LogP contribution is -2.16. The highest BCUT2D eigenvalue weighted by Gasteiger charge is 2.22. The Hall–Kier alpha value is -0.870. The molecule has 2 unspecified atom stereocenters. The molecule has 2 atom stereocenters. The molecule has 94 valence electrons. The Morgan fingerprint density at radius 2 is 2.29 bits per heavy atom. The molecule has 0 radical (unpaired) electrons. The lowest BCUT2D eigenvalue weighted by atomic mass is 10.1. The number of rotatable bonds is 4. The van der Waals surface area contributed by atoms with Crippen molar-refractivity contribution in [2.45, 2.75) is 25.6 Å². The molecule has 0 bridgehead atoms. The molecule has 0 amide bonds. The summed E-state index contributed by atoms with van der Waals surface area (Å²) in [5.74, 6) is 3.54. The summed E-state index contributed by atoms with van der Waals surface area (Å²) in [5.41, 5.74) is 0.793. The van der Waals surface area contributed by atoms with E-state index in [-0.39, 0.29) is 6.10 Å². The van der Waals surface area contributed by atoms with Gasteiger partial charge in [0.15, 0.2) is 11.5 Å². The topological polar surface area (TPSA) is 38.7 Å². The molecule has 0 saturated carbocycles. The van der Waals surface area contributed by atoms with Gasteiger partial charge in [-0.1, -0.05) is 12.1 Å². The molecule has 2 rings (SSSR count). The average molecular weight is 254 g/mol. The molecule has 1 heterocycles. The second-order valence-corrected chi connectivity index (χ2v) is 5.31. The predicted octanol–water partition coefficient (Wildman–Crippen LogP) is 2.63. The summed E-state index contributed by atoms with van der Waals surface area (Å²) in [6.45, 7) is 1.74. The Kier molecular flexibility index (Phi) is 4.18. The number of aliphatic hydroxyl groups excluding tert-OH is 1. The Bertz CT molecular complexity index is 373. The third kappa shape index (κ3) is 2.87. The minimum absolute atomic E-state index is 0.230. The van der Waals surface area contributed by atoms with E-state index in [0.29, 0.717) is 11.5 Å². The van der Waals surface area contributed by atoms with E-state index in [9.17, 15) is 5.11 Å². The van der Waals surface area contributed by atoms with Gasteiger partial charge in [-0.25, -0.2) is 0 Å². The lowest BCUT2D eigenvalue weighted by Gasteiger charge is -2.19. The summed E-state index contributed by atoms with van der Waals surface area (Å²) in [6.07, 6.45) is 0.741. The van der Waals surface area contributed by atoms with Gasteiger partial charge >= 0.3 is 0 Å². The molecule has 0 spiro atoms. The largest absolute Gasteiger partial charge is 0.493 e. The molecule has 1 aliphatic heterocycles. The third-order valence-electron chi connectivity index (χ3n) is 2.85. The SMILES string of the molecule is COc1cccc(C(C)O)c1OC1CCSC1. The van der Waals surface area contributed by atoms with Crippen LogP contribution in [-0.2, 0) is 0 Å². The number of thioether (sulfide) groups is 1. The van der Waals surface area contributed by atoms with Gasteiger partial charge in [-0.05, 0) is 25.2 Å². The zero-order valence-electron chi connectivity index (χ0n) is 10.2. The highest BCUT2D eigenvalue weighted by molar-refractivity contribution is 7.99. The fourth-order valence-electron chi connectivity index (χ4n) is 1.92. The first-order valence-corrected chi connectivity index (χ1v) is 6.97. The van der Waals surface area contributed by atoms with Crippen LogP contribution >= 0.6 is 11.8 Å². The van der Waals surface area contributed by atoms with Crippen LogP contribution in [0.5, 0.6) is 11.5 Å². The fourth-order valence-corrected chi connectivity index (χ4v) is 3.01. The van der Waals surface area contributed by atoms with Crippen LogP contribution in [0.3, 0.4) is 0 Å². The molecule has 17 heavy (non-hydrogen) atoms. The van der Waals surface area contributed by atoms with Crippen molar-refractivity contribution in [2.75, 3.05) is 18.6 Å². The number of para-hydroxylation sites is 1. The summed E-state index contributed by atoms with van der Waals surface area (Å²) in [4.78, 5) is 0. The first-order chi connectivity index (χ1) is 8.22. The van der Waals surface area contributed by atoms with E-state index >= 15 is 0 Å². The van der Waals surface area contributed by atoms with Crippen LogP contribution in [0.1, 0.15) is 25.0 Å². The smallest absolute Gasteiger partial charge is 0.167 e. The highest BCUT2D eigenvalue weighted by Crippen LogP contribution is 2.37. The molecule has 1 N–H and O–H groups in total. The highest BCUT2D eigenvalue weighted by atomic mass is 32.2. The van der Waals surface area contributed by atoms with E-state index < -0.39 is 6.10 Å². The summed E-state index contributed by atoms with van der Waals surface area (Å²) in [6, 6.07) is 5.62. The Balaban J connectivity index is 2.27. The van der Waals surface area contributed by atoms with E-state index in [1.54, 1.807) is 14.0 Å². The maximum absolute atomic E-state index is 9.76. The Morgan fingerprint density at radius 1 is 1.47 bits per heavy atom. The molecule has 0 aromatic heterocycles. The number of methoxy groups -OCH3 is 1. The first kappa shape index (κ1) is 12.6. The summed E-state index contributed by atoms with van der Waals surface area (Å²) < 4.78 is 11.3. The number of aliphatic hydroxyl groups is 1. The van der Waals surface area contributed by atoms with Gasteiger partial charge in [-0.3, -0.25) is 0 Å². The lowest BCUT2D eigenvalue weighted by molar-refractivity contribution is 0.175. The van der Waals surface area contributed by atoms with E-state index in [1.165, 1.54) is 0 Å². The van der Waals surface area contributed by atoms with Gasteiger partial charge in [0.2, 0.25) is 0 Å². The monoisotopic (exact) mass is 254 g/mol. The van der Waals surface area contributed by atoms with Crippen LogP contribution in [0.25, 0.3) is 0 Å². The van der Waals surface area contributed by atoms with Crippen molar-refractivity contribution >= 4 is 11.8 Å². The molecule has 4 heteroatoms. The zero-order valence-corrected chi connectivity index (χ0v) is 11.0. The molecule has 1 aliphatic rings. The number of ether oxygens (including phenoxy) is 2. The van der Waals surface area contributed by atoms with E-state index in [4.69, 9.17) is 9.47 Å². The first-order valence-electron chi connectivity index (χ1n) is 5.81. The summed E-state index contributed by atoms with van der Waals surface area (Å²) >= 11 is 1.90. The van der Waals surface area contributed by atoms with Crippen molar-refractivity contribution in [1.82, 2.24) is 0 Å². The quantitative estimate of drug-likeness (QED) is 0.896. The van der Waals surface area contributed by atoms with Crippen molar-refractivity contribution in [3.63, 3.8) is 0 Å². The van der Waals surface area contributed by atoms with Gasteiger partial charge in [0, 0.05) is 11.3 Å². The fraction of sp³-hybridized carbons (Fsp3) is 0.538. The molecule has 0 aliphatic carbocycles. The van der Waals surface area contributed by atoms with Crippen LogP contribution < -0.4 is 9.47 Å². The minimum atomic E-state index is -0.547. The summed E-state index contributed by atoms with van der Waals surface area (Å²) in [7, 11) is 1.62. The molecule has 1 aromatic carbocycles. The standard InChI is InChI=1S/C13H18O3S/c1-9(14)11-4-3-5-12(15-2)13(11)16-10-6-7-17-8-10/h3-5,9-10,14H,6-8H2,1-2H3. The number of hydrogen-bond acceptors (Lipinski definition) is 4. The van der Waals surface area contributed by atoms with E-state index in [0.717, 1.165) is 23.5 Å². The van der Waals surface area contributed by atoms with Gasteiger partial charge < -0.3 is 14.6 Å². The minimum Gasteiger partial charge on any atom is -0.493 e. The van der Waals surface area contributed by atoms with E-state index in [2.05, 4.69) is 0 Å². The molecule has 1 saturated heterocycles. The molecule has 3 nitrogen and oxygen atoms in total. The van der Waals surface area contributed by atoms with Crippen LogP contribution in [0.15, 0.2) is 18.2 Å². The summed E-state index contributed by atoms with van der Waals surface area (Å²) in [5, 5.41) is 9.76. The third-order valence-corrected chi connectivity index (χ3v) is 3.98. The van der Waals surface area contributed by atoms with Crippen molar-refractivity contribution < 1.29 is 14.6 Å². The molecular weight excluding hydrogens is 236 g/mol. The second kappa shape index (κ2) is 5.65. The molecule has 1 aromatic rings. The van der Waals surface area contributed by atoms with Crippen molar-refractivity contribution in [2.24, 2.45) is 0 Å². The van der Waals surface area contributed by atoms with Gasteiger partial charge in [0.1, 0.15) is 6.10 Å². The normalized spacial score (nSPS) is 21.2. The van der Waals surface area contributed by atoms with Crippen LogP contribution in [-0.4, -0.2) is 29.8 Å². The van der Waals surface area contributed by atoms with Gasteiger partial charge in [0.05, 0.1) is 13.2 Å². The Labute approximate surface area is 106 Å². The van der Waals surface area contributed by atoms with Gasteiger partial charge in [-0.2, -0.15) is 11.8 Å². The van der Waals surface area contributed by atoms with Crippen LogP contribution in [0, 0.1) is 0 Å². The van der Waals surface area contributed by atoms with Crippen LogP contribution in [0.2, 0.25) is 0 Å². The van der Waals surface area contributed by atoms with Crippen molar-refractivity contribution in [3.05, 3.63) is 23.8 Å². The van der Waals surface area contributed by atoms with Crippen LogP contribution in [0.4, 0.5) is 0 Å². The number of benzene rings is 1. The average Bonchev–Trinajstić information content (AvgIpc) is 2.82. The maximum atomic E-state index is 9.76. The maximum Gasteiger partial charge on any atom is 0.167 e. The predicted molar refractivity (Wildman–Crippen MR) is 70.0 cm³/mol. The van der Waals surface area contributed by atoms with Gasteiger partial charge in [-0.15, -0.1) is 0 Å². The molecular formula is C13H18O3S. The zero-order chi connectivity index (χ0) is 12.3. The van der Waals surface area contributed by atoms with E-state index in [1.807, 2.05) is 30.0 Å². The van der Waals surface area contributed by atoms with Gasteiger partial charge in [0.25, 0.3) is 0 Å². The Morgan fingerprint density at radius 3 is 2.88 bits per heavy atom. The molecule has 1 fully saturated rings. The second-order valence-electron chi connectivity index (χ2n) is 4.16. The van der Waals surface area contributed by atoms with Crippen molar-refractivity contribution in [1.29, 1.82) is 0 Å². The van der Waals surface area contributed by atoms with Crippen molar-refractivity contribution in [3.8, 4) is 11.5 Å².